The van der Waals surface area contributed by atoms with Gasteiger partial charge in [-0.2, -0.15) is 0 Å². The summed E-state index contributed by atoms with van der Waals surface area (Å²) in [6.45, 7) is 5.43. The zero-order valence-corrected chi connectivity index (χ0v) is 19.2. The van der Waals surface area contributed by atoms with Gasteiger partial charge in [-0.1, -0.05) is 90.4 Å². The molecule has 4 N–H and O–H groups in total. The van der Waals surface area contributed by atoms with Crippen molar-refractivity contribution in [1.82, 2.24) is 5.32 Å². The third-order valence-electron chi connectivity index (χ3n) is 6.22. The van der Waals surface area contributed by atoms with Crippen molar-refractivity contribution < 1.29 is 20.1 Å². The van der Waals surface area contributed by atoms with Crippen LogP contribution in [0.4, 0.5) is 0 Å². The van der Waals surface area contributed by atoms with Gasteiger partial charge >= 0.3 is 0 Å². The number of rotatable bonds is 18. The van der Waals surface area contributed by atoms with Gasteiger partial charge in [-0.3, -0.25) is 0 Å². The van der Waals surface area contributed by atoms with Crippen LogP contribution in [0.5, 0.6) is 0 Å². The molecule has 0 saturated carbocycles. The molecule has 5 nitrogen and oxygen atoms in total. The van der Waals surface area contributed by atoms with E-state index >= 15 is 0 Å². The largest absolute Gasteiger partial charge is 0.388 e. The predicted octanol–water partition coefficient (Wildman–Crippen LogP) is 4.32. The highest BCUT2D eigenvalue weighted by Crippen LogP contribution is 2.19. The molecule has 2 unspecified atom stereocenters. The molecule has 0 radical (unpaired) electrons. The molecule has 1 saturated heterocycles. The summed E-state index contributed by atoms with van der Waals surface area (Å²) in [6.07, 6.45) is 16.3. The van der Waals surface area contributed by atoms with Crippen LogP contribution in [-0.2, 0) is 4.74 Å². The second kappa shape index (κ2) is 17.5. The number of hydrogen-bond donors (Lipinski definition) is 4. The second-order valence-corrected chi connectivity index (χ2v) is 9.11. The van der Waals surface area contributed by atoms with Crippen molar-refractivity contribution >= 4 is 0 Å². The maximum atomic E-state index is 10.00. The average Bonchev–Trinajstić information content (AvgIpc) is 2.71. The van der Waals surface area contributed by atoms with E-state index in [1.54, 1.807) is 0 Å². The summed E-state index contributed by atoms with van der Waals surface area (Å²) in [5, 5.41) is 32.7. The highest BCUT2D eigenvalue weighted by Gasteiger charge is 2.37. The van der Waals surface area contributed by atoms with Crippen LogP contribution in [0, 0.1) is 0 Å². The Balaban J connectivity index is 1.85. The molecular formula is C24H49NO4. The zero-order chi connectivity index (χ0) is 21.3. The molecule has 0 amide bonds. The molecule has 0 aliphatic carbocycles. The van der Waals surface area contributed by atoms with E-state index < -0.39 is 24.4 Å². The fourth-order valence-electron chi connectivity index (χ4n) is 4.17. The van der Waals surface area contributed by atoms with Gasteiger partial charge in [0.15, 0.2) is 0 Å². The van der Waals surface area contributed by atoms with Crippen LogP contribution < -0.4 is 5.32 Å². The number of unbranched alkanes of at least 4 members (excludes halogenated alkanes) is 13. The summed E-state index contributed by atoms with van der Waals surface area (Å²) in [6, 6.07) is 0.221. The van der Waals surface area contributed by atoms with E-state index in [1.165, 1.54) is 89.9 Å². The molecule has 0 aromatic rings. The standard InChI is InChI=1S/C24H49NO4/c1-3-4-5-6-7-8-9-10-11-12-13-14-15-16-17-25-20(2)18-22-24(28)23(27)21(26)19-29-22/h20-28H,3-19H2,1-2H3/t20?,21-,22?,23+,24+/m1/s1. The maximum Gasteiger partial charge on any atom is 0.111 e. The summed E-state index contributed by atoms with van der Waals surface area (Å²) < 4.78 is 5.47. The summed E-state index contributed by atoms with van der Waals surface area (Å²) >= 11 is 0. The molecule has 174 valence electrons. The molecule has 0 aromatic heterocycles. The van der Waals surface area contributed by atoms with E-state index in [4.69, 9.17) is 4.74 Å². The van der Waals surface area contributed by atoms with Crippen LogP contribution in [0.2, 0.25) is 0 Å². The number of nitrogens with one attached hydrogen (secondary N) is 1. The number of aliphatic hydroxyl groups excluding tert-OH is 3. The van der Waals surface area contributed by atoms with Crippen molar-refractivity contribution in [2.45, 2.75) is 141 Å². The highest BCUT2D eigenvalue weighted by molar-refractivity contribution is 4.88. The fourth-order valence-corrected chi connectivity index (χ4v) is 4.17. The van der Waals surface area contributed by atoms with Crippen LogP contribution >= 0.6 is 0 Å². The first-order valence-electron chi connectivity index (χ1n) is 12.5. The minimum Gasteiger partial charge on any atom is -0.388 e. The first-order chi connectivity index (χ1) is 14.1. The third-order valence-corrected chi connectivity index (χ3v) is 6.22. The normalized spacial score (nSPS) is 26.0. The van der Waals surface area contributed by atoms with Gasteiger partial charge < -0.3 is 25.4 Å². The van der Waals surface area contributed by atoms with Crippen molar-refractivity contribution in [3.8, 4) is 0 Å². The predicted molar refractivity (Wildman–Crippen MR) is 120 cm³/mol. The summed E-state index contributed by atoms with van der Waals surface area (Å²) in [5.41, 5.74) is 0. The Labute approximate surface area is 179 Å². The van der Waals surface area contributed by atoms with Gasteiger partial charge in [0.25, 0.3) is 0 Å². The van der Waals surface area contributed by atoms with Crippen LogP contribution in [0.25, 0.3) is 0 Å². The quantitative estimate of drug-likeness (QED) is 0.251. The molecule has 29 heavy (non-hydrogen) atoms. The van der Waals surface area contributed by atoms with Crippen LogP contribution in [-0.4, -0.2) is 58.9 Å². The van der Waals surface area contributed by atoms with Crippen molar-refractivity contribution in [1.29, 1.82) is 0 Å². The lowest BCUT2D eigenvalue weighted by Gasteiger charge is -2.36. The van der Waals surface area contributed by atoms with Crippen LogP contribution in [0.3, 0.4) is 0 Å². The van der Waals surface area contributed by atoms with Gasteiger partial charge in [0, 0.05) is 6.04 Å². The average molecular weight is 416 g/mol. The van der Waals surface area contributed by atoms with Crippen molar-refractivity contribution in [2.75, 3.05) is 13.2 Å². The minimum absolute atomic E-state index is 0.0918. The lowest BCUT2D eigenvalue weighted by atomic mass is 9.95. The van der Waals surface area contributed by atoms with E-state index in [0.29, 0.717) is 6.42 Å². The summed E-state index contributed by atoms with van der Waals surface area (Å²) in [7, 11) is 0. The Hall–Kier alpha value is -0.200. The van der Waals surface area contributed by atoms with E-state index in [2.05, 4.69) is 19.2 Å². The Bertz CT molecular complexity index is 369. The lowest BCUT2D eigenvalue weighted by molar-refractivity contribution is -0.189. The molecule has 0 bridgehead atoms. The molecule has 1 rings (SSSR count). The Kier molecular flexibility index (Phi) is 16.2. The first kappa shape index (κ1) is 26.8. The van der Waals surface area contributed by atoms with E-state index in [-0.39, 0.29) is 12.6 Å². The van der Waals surface area contributed by atoms with Gasteiger partial charge in [-0.15, -0.1) is 0 Å². The maximum absolute atomic E-state index is 10.00. The Morgan fingerprint density at radius 3 is 1.76 bits per heavy atom. The zero-order valence-electron chi connectivity index (χ0n) is 19.2. The molecular weight excluding hydrogens is 366 g/mol. The van der Waals surface area contributed by atoms with E-state index in [9.17, 15) is 15.3 Å². The molecule has 0 aromatic carbocycles. The molecule has 1 fully saturated rings. The topological polar surface area (TPSA) is 82.0 Å². The van der Waals surface area contributed by atoms with Gasteiger partial charge in [0.2, 0.25) is 0 Å². The van der Waals surface area contributed by atoms with Gasteiger partial charge in [0.1, 0.15) is 18.3 Å². The van der Waals surface area contributed by atoms with Gasteiger partial charge in [-0.05, 0) is 26.3 Å². The molecule has 1 heterocycles. The number of aliphatic hydroxyl groups is 3. The molecule has 1 aliphatic heterocycles. The van der Waals surface area contributed by atoms with Crippen LogP contribution in [0.1, 0.15) is 110 Å². The fraction of sp³-hybridized carbons (Fsp3) is 1.00. The van der Waals surface area contributed by atoms with Crippen LogP contribution in [0.15, 0.2) is 0 Å². The van der Waals surface area contributed by atoms with E-state index in [1.807, 2.05) is 0 Å². The first-order valence-corrected chi connectivity index (χ1v) is 12.5. The minimum atomic E-state index is -1.10. The smallest absolute Gasteiger partial charge is 0.111 e. The van der Waals surface area contributed by atoms with Crippen molar-refractivity contribution in [3.63, 3.8) is 0 Å². The lowest BCUT2D eigenvalue weighted by Crippen LogP contribution is -2.54. The monoisotopic (exact) mass is 415 g/mol. The van der Waals surface area contributed by atoms with Crippen molar-refractivity contribution in [2.24, 2.45) is 0 Å². The molecule has 5 atom stereocenters. The molecule has 0 spiro atoms. The Morgan fingerprint density at radius 2 is 1.24 bits per heavy atom. The van der Waals surface area contributed by atoms with E-state index in [0.717, 1.165) is 6.54 Å². The molecule has 5 heteroatoms. The SMILES string of the molecule is CCCCCCCCCCCCCCCCNC(C)CC1OC[C@@H](O)[C@H](O)[C@H]1O. The highest BCUT2D eigenvalue weighted by atomic mass is 16.5. The summed E-state index contributed by atoms with van der Waals surface area (Å²) in [4.78, 5) is 0. The second-order valence-electron chi connectivity index (χ2n) is 9.11. The molecule has 1 aliphatic rings. The Morgan fingerprint density at radius 1 is 0.759 bits per heavy atom. The number of ether oxygens (including phenoxy) is 1. The van der Waals surface area contributed by atoms with Crippen molar-refractivity contribution in [3.05, 3.63) is 0 Å². The number of hydrogen-bond acceptors (Lipinski definition) is 5. The summed E-state index contributed by atoms with van der Waals surface area (Å²) in [5.74, 6) is 0. The van der Waals surface area contributed by atoms with Gasteiger partial charge in [-0.25, -0.2) is 0 Å². The van der Waals surface area contributed by atoms with Gasteiger partial charge in [0.05, 0.1) is 12.7 Å². The third kappa shape index (κ3) is 13.0.